The molecule has 2 N–H and O–H groups in total. The van der Waals surface area contributed by atoms with E-state index in [1.807, 2.05) is 0 Å². The zero-order valence-corrected chi connectivity index (χ0v) is 17.5. The second-order valence-electron chi connectivity index (χ2n) is 7.18. The molecule has 0 spiro atoms. The van der Waals surface area contributed by atoms with Gasteiger partial charge in [-0.25, -0.2) is 0 Å². The predicted molar refractivity (Wildman–Crippen MR) is 110 cm³/mol. The van der Waals surface area contributed by atoms with Crippen molar-refractivity contribution in [1.82, 2.24) is 14.8 Å². The van der Waals surface area contributed by atoms with Crippen LogP contribution in [0.1, 0.15) is 49.5 Å². The molecule has 10 heteroatoms. The van der Waals surface area contributed by atoms with Crippen molar-refractivity contribution in [1.29, 1.82) is 0 Å². The van der Waals surface area contributed by atoms with E-state index in [1.54, 1.807) is 17.8 Å². The smallest absolute Gasteiger partial charge is 0.394 e. The van der Waals surface area contributed by atoms with Gasteiger partial charge in [-0.15, -0.1) is 10.2 Å². The third kappa shape index (κ3) is 6.36. The molecule has 0 amide bonds. The van der Waals surface area contributed by atoms with Crippen molar-refractivity contribution >= 4 is 17.4 Å². The lowest BCUT2D eigenvalue weighted by atomic mass is 9.95. The summed E-state index contributed by atoms with van der Waals surface area (Å²) in [5.74, 6) is 1.41. The maximum atomic E-state index is 13.0. The highest BCUT2D eigenvalue weighted by Gasteiger charge is 2.30. The number of benzene rings is 1. The Morgan fingerprint density at radius 1 is 1.17 bits per heavy atom. The number of aliphatic hydroxyl groups is 1. The summed E-state index contributed by atoms with van der Waals surface area (Å²) in [4.78, 5) is 0. The van der Waals surface area contributed by atoms with Crippen molar-refractivity contribution < 1.29 is 23.0 Å². The molecular formula is C20H27F3N4O2S. The number of aliphatic hydroxyl groups excluding tert-OH is 1. The van der Waals surface area contributed by atoms with E-state index in [0.717, 1.165) is 48.8 Å². The van der Waals surface area contributed by atoms with E-state index in [0.29, 0.717) is 37.2 Å². The summed E-state index contributed by atoms with van der Waals surface area (Å²) in [5, 5.41) is 21.3. The number of hydrogen-bond acceptors (Lipinski definition) is 6. The van der Waals surface area contributed by atoms with Crippen LogP contribution < -0.4 is 5.32 Å². The van der Waals surface area contributed by atoms with E-state index >= 15 is 0 Å². The van der Waals surface area contributed by atoms with E-state index in [-0.39, 0.29) is 6.61 Å². The SMILES string of the molecule is OCCOCCSc1nnc(CNc2cccc(C(F)(F)F)c2)n1C1CCCCC1. The third-order valence-corrected chi connectivity index (χ3v) is 5.92. The molecule has 2 aromatic rings. The first-order valence-corrected chi connectivity index (χ1v) is 11.1. The van der Waals surface area contributed by atoms with Gasteiger partial charge in [0.05, 0.1) is 31.9 Å². The van der Waals surface area contributed by atoms with Crippen LogP contribution in [0, 0.1) is 0 Å². The Hall–Kier alpha value is -1.78. The topological polar surface area (TPSA) is 72.2 Å². The Labute approximate surface area is 178 Å². The van der Waals surface area contributed by atoms with Gasteiger partial charge in [-0.05, 0) is 31.0 Å². The fourth-order valence-corrected chi connectivity index (χ4v) is 4.45. The maximum absolute atomic E-state index is 13.0. The van der Waals surface area contributed by atoms with Gasteiger partial charge < -0.3 is 19.7 Å². The second kappa shape index (κ2) is 11.0. The largest absolute Gasteiger partial charge is 0.416 e. The predicted octanol–water partition coefficient (Wildman–Crippen LogP) is 4.52. The molecule has 1 aromatic heterocycles. The number of rotatable bonds is 10. The first-order valence-electron chi connectivity index (χ1n) is 10.2. The summed E-state index contributed by atoms with van der Waals surface area (Å²) in [6, 6.07) is 5.47. The molecule has 1 aliphatic rings. The molecule has 3 rings (SSSR count). The number of halogens is 3. The van der Waals surface area contributed by atoms with Crippen molar-refractivity contribution in [2.24, 2.45) is 0 Å². The van der Waals surface area contributed by atoms with Crippen LogP contribution in [-0.2, 0) is 17.5 Å². The first kappa shape index (κ1) is 22.9. The Kier molecular flexibility index (Phi) is 8.41. The van der Waals surface area contributed by atoms with Crippen molar-refractivity contribution in [2.75, 3.05) is 30.9 Å². The lowest BCUT2D eigenvalue weighted by molar-refractivity contribution is -0.137. The van der Waals surface area contributed by atoms with E-state index in [2.05, 4.69) is 20.1 Å². The van der Waals surface area contributed by atoms with Crippen LogP contribution in [0.4, 0.5) is 18.9 Å². The van der Waals surface area contributed by atoms with E-state index in [1.165, 1.54) is 12.5 Å². The highest BCUT2D eigenvalue weighted by atomic mass is 32.2. The van der Waals surface area contributed by atoms with Gasteiger partial charge in [-0.2, -0.15) is 13.2 Å². The summed E-state index contributed by atoms with van der Waals surface area (Å²) in [6.45, 7) is 1.10. The van der Waals surface area contributed by atoms with Gasteiger partial charge in [0.25, 0.3) is 0 Å². The van der Waals surface area contributed by atoms with E-state index in [9.17, 15) is 13.2 Å². The highest BCUT2D eigenvalue weighted by molar-refractivity contribution is 7.99. The summed E-state index contributed by atoms with van der Waals surface area (Å²) < 4.78 is 46.3. The number of hydrogen-bond donors (Lipinski definition) is 2. The molecule has 0 bridgehead atoms. The van der Waals surface area contributed by atoms with Crippen LogP contribution in [0.3, 0.4) is 0 Å². The monoisotopic (exact) mass is 444 g/mol. The lowest BCUT2D eigenvalue weighted by Gasteiger charge is -2.25. The molecule has 6 nitrogen and oxygen atoms in total. The number of nitrogens with zero attached hydrogens (tertiary/aromatic N) is 3. The standard InChI is InChI=1S/C20H27F3N4O2S/c21-20(22,23)15-5-4-6-16(13-15)24-14-18-25-26-19(30-12-11-29-10-9-28)27(18)17-7-2-1-3-8-17/h4-6,13,17,24,28H,1-3,7-12,14H2. The van der Waals surface area contributed by atoms with Crippen molar-refractivity contribution in [3.05, 3.63) is 35.7 Å². The molecule has 30 heavy (non-hydrogen) atoms. The highest BCUT2D eigenvalue weighted by Crippen LogP contribution is 2.33. The average Bonchev–Trinajstić information content (AvgIpc) is 3.15. The van der Waals surface area contributed by atoms with Gasteiger partial charge >= 0.3 is 6.18 Å². The molecule has 0 aliphatic heterocycles. The van der Waals surface area contributed by atoms with Crippen LogP contribution in [0.5, 0.6) is 0 Å². The fourth-order valence-electron chi connectivity index (χ4n) is 3.58. The van der Waals surface area contributed by atoms with Gasteiger partial charge in [0, 0.05) is 17.5 Å². The molecule has 0 radical (unpaired) electrons. The molecule has 1 saturated carbocycles. The molecule has 166 valence electrons. The number of nitrogens with one attached hydrogen (secondary N) is 1. The van der Waals surface area contributed by atoms with Crippen molar-refractivity contribution in [2.45, 2.75) is 56.0 Å². The van der Waals surface area contributed by atoms with Crippen LogP contribution in [-0.4, -0.2) is 45.4 Å². The summed E-state index contributed by atoms with van der Waals surface area (Å²) >= 11 is 1.55. The number of alkyl halides is 3. The van der Waals surface area contributed by atoms with Crippen LogP contribution in [0.25, 0.3) is 0 Å². The minimum Gasteiger partial charge on any atom is -0.394 e. The van der Waals surface area contributed by atoms with Crippen LogP contribution in [0.15, 0.2) is 29.4 Å². The second-order valence-corrected chi connectivity index (χ2v) is 8.24. The Balaban J connectivity index is 1.70. The molecule has 1 aliphatic carbocycles. The quantitative estimate of drug-likeness (QED) is 0.415. The molecule has 1 fully saturated rings. The molecular weight excluding hydrogens is 417 g/mol. The summed E-state index contributed by atoms with van der Waals surface area (Å²) in [6.07, 6.45) is 1.22. The minimum absolute atomic E-state index is 0.00567. The van der Waals surface area contributed by atoms with Gasteiger partial charge in [-0.1, -0.05) is 37.1 Å². The van der Waals surface area contributed by atoms with Crippen LogP contribution in [0.2, 0.25) is 0 Å². The Morgan fingerprint density at radius 3 is 2.70 bits per heavy atom. The van der Waals surface area contributed by atoms with Gasteiger partial charge in [-0.3, -0.25) is 0 Å². The van der Waals surface area contributed by atoms with E-state index < -0.39 is 11.7 Å². The first-order chi connectivity index (χ1) is 14.5. The zero-order valence-electron chi connectivity index (χ0n) is 16.7. The van der Waals surface area contributed by atoms with Gasteiger partial charge in [0.2, 0.25) is 0 Å². The third-order valence-electron chi connectivity index (χ3n) is 5.01. The molecule has 0 unspecified atom stereocenters. The van der Waals surface area contributed by atoms with Crippen molar-refractivity contribution in [3.8, 4) is 0 Å². The molecule has 0 saturated heterocycles. The number of ether oxygens (including phenoxy) is 1. The minimum atomic E-state index is -4.37. The number of anilines is 1. The summed E-state index contributed by atoms with van der Waals surface area (Å²) in [5.41, 5.74) is -0.282. The summed E-state index contributed by atoms with van der Waals surface area (Å²) in [7, 11) is 0. The fraction of sp³-hybridized carbons (Fsp3) is 0.600. The Bertz CT molecular complexity index is 795. The molecule has 0 atom stereocenters. The molecule has 1 aromatic carbocycles. The average molecular weight is 445 g/mol. The van der Waals surface area contributed by atoms with Gasteiger partial charge in [0.1, 0.15) is 0 Å². The molecule has 1 heterocycles. The normalized spacial score (nSPS) is 15.5. The van der Waals surface area contributed by atoms with Crippen LogP contribution >= 0.6 is 11.8 Å². The van der Waals surface area contributed by atoms with Gasteiger partial charge in [0.15, 0.2) is 11.0 Å². The zero-order chi connectivity index (χ0) is 21.4. The Morgan fingerprint density at radius 2 is 1.97 bits per heavy atom. The maximum Gasteiger partial charge on any atom is 0.416 e. The van der Waals surface area contributed by atoms with E-state index in [4.69, 9.17) is 9.84 Å². The number of aromatic nitrogens is 3. The van der Waals surface area contributed by atoms with Crippen molar-refractivity contribution in [3.63, 3.8) is 0 Å². The number of thioether (sulfide) groups is 1. The lowest BCUT2D eigenvalue weighted by Crippen LogP contribution is -2.18.